The molecule has 1 N–H and O–H groups in total. The van der Waals surface area contributed by atoms with Crippen LogP contribution >= 0.6 is 23.1 Å². The van der Waals surface area contributed by atoms with E-state index in [1.807, 2.05) is 12.3 Å². The summed E-state index contributed by atoms with van der Waals surface area (Å²) in [7, 11) is -3.20. The molecule has 2 rings (SSSR count). The van der Waals surface area contributed by atoms with Gasteiger partial charge in [-0.1, -0.05) is 18.2 Å². The highest BCUT2D eigenvalue weighted by molar-refractivity contribution is 8.01. The van der Waals surface area contributed by atoms with Crippen LogP contribution < -0.4 is 5.32 Å². The van der Waals surface area contributed by atoms with E-state index in [9.17, 15) is 13.2 Å². The van der Waals surface area contributed by atoms with E-state index in [0.29, 0.717) is 18.8 Å². The molecule has 130 valence electrons. The number of aromatic nitrogens is 1. The summed E-state index contributed by atoms with van der Waals surface area (Å²) < 4.78 is 26.5. The van der Waals surface area contributed by atoms with Gasteiger partial charge in [-0.15, -0.1) is 11.3 Å². The summed E-state index contributed by atoms with van der Waals surface area (Å²) in [5.74, 6) is 0.347. The maximum Gasteiger partial charge on any atom is 0.230 e. The van der Waals surface area contributed by atoms with Crippen LogP contribution in [0.1, 0.15) is 31.9 Å². The van der Waals surface area contributed by atoms with Gasteiger partial charge in [-0.05, 0) is 26.7 Å². The smallest absolute Gasteiger partial charge is 0.230 e. The third-order valence-electron chi connectivity index (χ3n) is 3.68. The third kappa shape index (κ3) is 5.74. The summed E-state index contributed by atoms with van der Waals surface area (Å²) in [6, 6.07) is -0.107. The molecule has 9 heteroatoms. The van der Waals surface area contributed by atoms with Crippen molar-refractivity contribution in [2.75, 3.05) is 24.6 Å². The minimum atomic E-state index is -3.20. The van der Waals surface area contributed by atoms with Gasteiger partial charge in [0, 0.05) is 30.2 Å². The SMILES string of the molecule is CCS(=O)(=O)N1CCCCC(NC(=O)CSc2nc(C)cs2)C1. The first-order valence-corrected chi connectivity index (χ1v) is 11.2. The van der Waals surface area contributed by atoms with E-state index >= 15 is 0 Å². The number of amides is 1. The minimum Gasteiger partial charge on any atom is -0.351 e. The molecule has 23 heavy (non-hydrogen) atoms. The van der Waals surface area contributed by atoms with Crippen molar-refractivity contribution < 1.29 is 13.2 Å². The summed E-state index contributed by atoms with van der Waals surface area (Å²) in [5, 5.41) is 4.93. The number of thiazole rings is 1. The van der Waals surface area contributed by atoms with Crippen LogP contribution in [0.5, 0.6) is 0 Å². The van der Waals surface area contributed by atoms with Gasteiger partial charge in [0.1, 0.15) is 0 Å². The molecule has 6 nitrogen and oxygen atoms in total. The van der Waals surface area contributed by atoms with Gasteiger partial charge in [0.15, 0.2) is 4.34 Å². The van der Waals surface area contributed by atoms with E-state index in [1.54, 1.807) is 6.92 Å². The van der Waals surface area contributed by atoms with Gasteiger partial charge in [-0.25, -0.2) is 13.4 Å². The van der Waals surface area contributed by atoms with E-state index in [4.69, 9.17) is 0 Å². The summed E-state index contributed by atoms with van der Waals surface area (Å²) >= 11 is 2.95. The van der Waals surface area contributed by atoms with Gasteiger partial charge >= 0.3 is 0 Å². The van der Waals surface area contributed by atoms with Gasteiger partial charge in [0.05, 0.1) is 11.5 Å². The Balaban J connectivity index is 1.86. The maximum absolute atomic E-state index is 12.1. The number of hydrogen-bond donors (Lipinski definition) is 1. The maximum atomic E-state index is 12.1. The fraction of sp³-hybridized carbons (Fsp3) is 0.714. The zero-order chi connectivity index (χ0) is 16.9. The van der Waals surface area contributed by atoms with Gasteiger partial charge in [0.2, 0.25) is 15.9 Å². The summed E-state index contributed by atoms with van der Waals surface area (Å²) in [6.45, 7) is 4.51. The Hall–Kier alpha value is -0.640. The molecular formula is C14H23N3O3S3. The Bertz CT molecular complexity index is 630. The second-order valence-corrected chi connectivity index (χ2v) is 9.90. The van der Waals surface area contributed by atoms with E-state index in [1.165, 1.54) is 27.4 Å². The molecule has 1 atom stereocenters. The Morgan fingerprint density at radius 2 is 2.30 bits per heavy atom. The number of aryl methyl sites for hydroxylation is 1. The predicted molar refractivity (Wildman–Crippen MR) is 94.4 cm³/mol. The zero-order valence-electron chi connectivity index (χ0n) is 13.4. The van der Waals surface area contributed by atoms with E-state index in [2.05, 4.69) is 10.3 Å². The number of carbonyl (C=O) groups is 1. The minimum absolute atomic E-state index is 0.0661. The van der Waals surface area contributed by atoms with Crippen molar-refractivity contribution >= 4 is 39.0 Å². The number of thioether (sulfide) groups is 1. The fourth-order valence-electron chi connectivity index (χ4n) is 2.46. The molecule has 0 spiro atoms. The van der Waals surface area contributed by atoms with Crippen LogP contribution in [0.3, 0.4) is 0 Å². The first-order chi connectivity index (χ1) is 10.9. The highest BCUT2D eigenvalue weighted by atomic mass is 32.2. The molecule has 1 unspecified atom stereocenters. The lowest BCUT2D eigenvalue weighted by molar-refractivity contribution is -0.119. The Morgan fingerprint density at radius 1 is 1.52 bits per heavy atom. The lowest BCUT2D eigenvalue weighted by Crippen LogP contribution is -2.45. The standard InChI is InChI=1S/C14H23N3O3S3/c1-3-23(19,20)17-7-5-4-6-12(8-17)16-13(18)10-22-14-15-11(2)9-21-14/h9,12H,3-8,10H2,1-2H3,(H,16,18). The monoisotopic (exact) mass is 377 g/mol. The number of nitrogens with zero attached hydrogens (tertiary/aromatic N) is 2. The summed E-state index contributed by atoms with van der Waals surface area (Å²) in [6.07, 6.45) is 2.60. The highest BCUT2D eigenvalue weighted by Crippen LogP contribution is 2.22. The van der Waals surface area contributed by atoms with Crippen LogP contribution in [0.15, 0.2) is 9.72 Å². The molecule has 1 aliphatic rings. The average Bonchev–Trinajstić information content (AvgIpc) is 2.78. The molecule has 1 aromatic rings. The van der Waals surface area contributed by atoms with Crippen LogP contribution in [0, 0.1) is 6.92 Å². The number of sulfonamides is 1. The Labute approximate surface area is 146 Å². The van der Waals surface area contributed by atoms with Crippen molar-refractivity contribution in [3.8, 4) is 0 Å². The molecule has 1 aliphatic heterocycles. The van der Waals surface area contributed by atoms with Gasteiger partial charge in [-0.3, -0.25) is 4.79 Å². The Kier molecular flexibility index (Phi) is 6.87. The molecule has 0 radical (unpaired) electrons. The van der Waals surface area contributed by atoms with Crippen molar-refractivity contribution in [3.63, 3.8) is 0 Å². The average molecular weight is 378 g/mol. The summed E-state index contributed by atoms with van der Waals surface area (Å²) in [4.78, 5) is 16.4. The number of rotatable bonds is 6. The first kappa shape index (κ1) is 18.7. The van der Waals surface area contributed by atoms with E-state index in [0.717, 1.165) is 29.3 Å². The van der Waals surface area contributed by atoms with Crippen molar-refractivity contribution in [1.82, 2.24) is 14.6 Å². The number of carbonyl (C=O) groups excluding carboxylic acids is 1. The molecule has 1 fully saturated rings. The van der Waals surface area contributed by atoms with Crippen LogP contribution in [0.2, 0.25) is 0 Å². The molecule has 1 aromatic heterocycles. The third-order valence-corrected chi connectivity index (χ3v) is 7.67. The highest BCUT2D eigenvalue weighted by Gasteiger charge is 2.26. The molecular weight excluding hydrogens is 354 g/mol. The van der Waals surface area contributed by atoms with Crippen molar-refractivity contribution in [1.29, 1.82) is 0 Å². The van der Waals surface area contributed by atoms with E-state index in [-0.39, 0.29) is 17.7 Å². The van der Waals surface area contributed by atoms with Crippen LogP contribution in [-0.2, 0) is 14.8 Å². The summed E-state index contributed by atoms with van der Waals surface area (Å²) in [5.41, 5.74) is 0.960. The second kappa shape index (κ2) is 8.46. The molecule has 2 heterocycles. The van der Waals surface area contributed by atoms with Crippen molar-refractivity contribution in [2.24, 2.45) is 0 Å². The van der Waals surface area contributed by atoms with E-state index < -0.39 is 10.0 Å². The molecule has 0 bridgehead atoms. The number of nitrogens with one attached hydrogen (secondary N) is 1. The predicted octanol–water partition coefficient (Wildman–Crippen LogP) is 1.86. The van der Waals surface area contributed by atoms with Crippen LogP contribution in [-0.4, -0.2) is 54.3 Å². The first-order valence-electron chi connectivity index (χ1n) is 7.73. The van der Waals surface area contributed by atoms with Gasteiger partial charge in [-0.2, -0.15) is 4.31 Å². The molecule has 0 aliphatic carbocycles. The molecule has 0 saturated carbocycles. The van der Waals surface area contributed by atoms with Gasteiger partial charge in [0.25, 0.3) is 0 Å². The number of hydrogen-bond acceptors (Lipinski definition) is 6. The van der Waals surface area contributed by atoms with Crippen molar-refractivity contribution in [3.05, 3.63) is 11.1 Å². The zero-order valence-corrected chi connectivity index (χ0v) is 15.9. The van der Waals surface area contributed by atoms with Gasteiger partial charge < -0.3 is 5.32 Å². The van der Waals surface area contributed by atoms with Crippen LogP contribution in [0.4, 0.5) is 0 Å². The lowest BCUT2D eigenvalue weighted by atomic mass is 10.1. The molecule has 1 saturated heterocycles. The van der Waals surface area contributed by atoms with Crippen molar-refractivity contribution in [2.45, 2.75) is 43.5 Å². The largest absolute Gasteiger partial charge is 0.351 e. The van der Waals surface area contributed by atoms with Crippen LogP contribution in [0.25, 0.3) is 0 Å². The fourth-order valence-corrected chi connectivity index (χ4v) is 5.30. The second-order valence-electron chi connectivity index (χ2n) is 5.56. The normalized spacial score (nSPS) is 20.2. The molecule has 1 amide bonds. The Morgan fingerprint density at radius 3 is 2.96 bits per heavy atom. The quantitative estimate of drug-likeness (QED) is 0.766. The lowest BCUT2D eigenvalue weighted by Gasteiger charge is -2.24. The topological polar surface area (TPSA) is 79.4 Å². The molecule has 0 aromatic carbocycles.